The summed E-state index contributed by atoms with van der Waals surface area (Å²) < 4.78 is 1.98. The molecule has 0 aromatic carbocycles. The molecule has 1 fully saturated rings. The van der Waals surface area contributed by atoms with E-state index in [1.807, 2.05) is 11.7 Å². The van der Waals surface area contributed by atoms with Crippen LogP contribution in [0.5, 0.6) is 0 Å². The molecule has 0 amide bonds. The zero-order valence-corrected chi connectivity index (χ0v) is 10.7. The maximum absolute atomic E-state index is 4.61. The Labute approximate surface area is 105 Å². The molecule has 2 aromatic heterocycles. The zero-order valence-electron chi connectivity index (χ0n) is 9.89. The van der Waals surface area contributed by atoms with E-state index in [1.165, 1.54) is 10.6 Å². The summed E-state index contributed by atoms with van der Waals surface area (Å²) in [4.78, 5) is 3.62. The number of anilines is 1. The Kier molecular flexibility index (Phi) is 2.86. The van der Waals surface area contributed by atoms with Crippen LogP contribution in [0.25, 0.3) is 10.6 Å². The molecule has 1 saturated heterocycles. The molecule has 0 bridgehead atoms. The molecular formula is C12H16N4S. The quantitative estimate of drug-likeness (QED) is 0.875. The van der Waals surface area contributed by atoms with Crippen LogP contribution in [-0.2, 0) is 7.05 Å². The fourth-order valence-electron chi connectivity index (χ4n) is 2.16. The molecule has 0 spiro atoms. The van der Waals surface area contributed by atoms with Crippen LogP contribution in [0.4, 0.5) is 5.82 Å². The summed E-state index contributed by atoms with van der Waals surface area (Å²) in [7, 11) is 2.01. The summed E-state index contributed by atoms with van der Waals surface area (Å²) in [6.07, 6.45) is 0. The fourth-order valence-corrected chi connectivity index (χ4v) is 2.93. The minimum absolute atomic E-state index is 1.04. The van der Waals surface area contributed by atoms with Crippen molar-refractivity contribution < 1.29 is 0 Å². The van der Waals surface area contributed by atoms with E-state index in [4.69, 9.17) is 0 Å². The smallest absolute Gasteiger partial charge is 0.151 e. The first-order valence-electron chi connectivity index (χ1n) is 5.88. The Hall–Kier alpha value is -1.33. The highest BCUT2D eigenvalue weighted by Crippen LogP contribution is 2.27. The second kappa shape index (κ2) is 4.50. The van der Waals surface area contributed by atoms with E-state index in [2.05, 4.69) is 38.9 Å². The average molecular weight is 248 g/mol. The van der Waals surface area contributed by atoms with Gasteiger partial charge in [-0.05, 0) is 11.4 Å². The van der Waals surface area contributed by atoms with E-state index < -0.39 is 0 Å². The number of piperazine rings is 1. The van der Waals surface area contributed by atoms with Gasteiger partial charge < -0.3 is 10.2 Å². The van der Waals surface area contributed by atoms with Crippen LogP contribution in [0.15, 0.2) is 23.6 Å². The van der Waals surface area contributed by atoms with Crippen molar-refractivity contribution in [2.45, 2.75) is 0 Å². The first-order chi connectivity index (χ1) is 8.34. The second-order valence-electron chi connectivity index (χ2n) is 4.23. The molecule has 17 heavy (non-hydrogen) atoms. The Bertz CT molecular complexity index is 483. The predicted molar refractivity (Wildman–Crippen MR) is 71.6 cm³/mol. The lowest BCUT2D eigenvalue weighted by molar-refractivity contribution is 0.581. The first-order valence-corrected chi connectivity index (χ1v) is 6.76. The molecule has 1 aliphatic rings. The maximum Gasteiger partial charge on any atom is 0.151 e. The van der Waals surface area contributed by atoms with Crippen molar-refractivity contribution in [3.8, 4) is 10.6 Å². The van der Waals surface area contributed by atoms with Crippen molar-refractivity contribution in [3.63, 3.8) is 0 Å². The molecule has 90 valence electrons. The standard InChI is InChI=1S/C12H16N4S/c1-15-10(11-3-2-8-17-11)9-12(14-15)16-6-4-13-5-7-16/h2-3,8-9,13H,4-7H2,1H3. The second-order valence-corrected chi connectivity index (χ2v) is 5.17. The van der Waals surface area contributed by atoms with Gasteiger partial charge in [-0.1, -0.05) is 6.07 Å². The van der Waals surface area contributed by atoms with Crippen LogP contribution in [-0.4, -0.2) is 36.0 Å². The third-order valence-electron chi connectivity index (χ3n) is 3.08. The van der Waals surface area contributed by atoms with Crippen molar-refractivity contribution in [1.29, 1.82) is 0 Å². The third-order valence-corrected chi connectivity index (χ3v) is 3.97. The van der Waals surface area contributed by atoms with E-state index in [1.54, 1.807) is 11.3 Å². The normalized spacial score (nSPS) is 16.4. The predicted octanol–water partition coefficient (Wildman–Crippen LogP) is 1.56. The topological polar surface area (TPSA) is 33.1 Å². The molecule has 0 atom stereocenters. The lowest BCUT2D eigenvalue weighted by Crippen LogP contribution is -2.43. The number of rotatable bonds is 2. The average Bonchev–Trinajstić information content (AvgIpc) is 2.99. The van der Waals surface area contributed by atoms with E-state index in [9.17, 15) is 0 Å². The molecule has 1 aliphatic heterocycles. The summed E-state index contributed by atoms with van der Waals surface area (Å²) in [6.45, 7) is 4.18. The number of hydrogen-bond donors (Lipinski definition) is 1. The molecule has 0 saturated carbocycles. The zero-order chi connectivity index (χ0) is 11.7. The molecule has 2 aromatic rings. The van der Waals surface area contributed by atoms with Gasteiger partial charge in [0.25, 0.3) is 0 Å². The van der Waals surface area contributed by atoms with E-state index in [-0.39, 0.29) is 0 Å². The van der Waals surface area contributed by atoms with Crippen molar-refractivity contribution in [2.75, 3.05) is 31.1 Å². The van der Waals surface area contributed by atoms with Crippen molar-refractivity contribution in [3.05, 3.63) is 23.6 Å². The fraction of sp³-hybridized carbons (Fsp3) is 0.417. The van der Waals surface area contributed by atoms with Gasteiger partial charge in [-0.3, -0.25) is 4.68 Å². The summed E-state index contributed by atoms with van der Waals surface area (Å²) in [5.41, 5.74) is 1.20. The highest BCUT2D eigenvalue weighted by atomic mass is 32.1. The van der Waals surface area contributed by atoms with Gasteiger partial charge >= 0.3 is 0 Å². The van der Waals surface area contributed by atoms with Crippen LogP contribution in [0.1, 0.15) is 0 Å². The third kappa shape index (κ3) is 2.08. The van der Waals surface area contributed by atoms with Gasteiger partial charge in [0.05, 0.1) is 10.6 Å². The van der Waals surface area contributed by atoms with Crippen LogP contribution in [0.2, 0.25) is 0 Å². The highest BCUT2D eigenvalue weighted by Gasteiger charge is 2.15. The number of nitrogens with zero attached hydrogens (tertiary/aromatic N) is 3. The molecule has 1 N–H and O–H groups in total. The lowest BCUT2D eigenvalue weighted by atomic mass is 10.3. The number of nitrogens with one attached hydrogen (secondary N) is 1. The minimum Gasteiger partial charge on any atom is -0.353 e. The number of aryl methyl sites for hydroxylation is 1. The lowest BCUT2D eigenvalue weighted by Gasteiger charge is -2.26. The number of hydrogen-bond acceptors (Lipinski definition) is 4. The molecule has 4 nitrogen and oxygen atoms in total. The first kappa shape index (κ1) is 10.8. The number of thiophene rings is 1. The summed E-state index contributed by atoms with van der Waals surface area (Å²) in [6, 6.07) is 6.41. The van der Waals surface area contributed by atoms with Gasteiger partial charge in [0.1, 0.15) is 0 Å². The maximum atomic E-state index is 4.61. The van der Waals surface area contributed by atoms with Gasteiger partial charge in [-0.15, -0.1) is 11.3 Å². The van der Waals surface area contributed by atoms with Crippen LogP contribution < -0.4 is 10.2 Å². The molecular weight excluding hydrogens is 232 g/mol. The van der Waals surface area contributed by atoms with E-state index >= 15 is 0 Å². The summed E-state index contributed by atoms with van der Waals surface area (Å²) >= 11 is 1.76. The molecule has 0 radical (unpaired) electrons. The van der Waals surface area contributed by atoms with Crippen molar-refractivity contribution >= 4 is 17.2 Å². The van der Waals surface area contributed by atoms with Crippen molar-refractivity contribution in [1.82, 2.24) is 15.1 Å². The molecule has 3 heterocycles. The van der Waals surface area contributed by atoms with Gasteiger partial charge in [-0.25, -0.2) is 0 Å². The van der Waals surface area contributed by atoms with Gasteiger partial charge in [0.2, 0.25) is 0 Å². The molecule has 0 aliphatic carbocycles. The molecule has 5 heteroatoms. The van der Waals surface area contributed by atoms with E-state index in [0.717, 1.165) is 32.0 Å². The Balaban J connectivity index is 1.90. The van der Waals surface area contributed by atoms with Crippen LogP contribution in [0.3, 0.4) is 0 Å². The van der Waals surface area contributed by atoms with Crippen LogP contribution >= 0.6 is 11.3 Å². The summed E-state index contributed by atoms with van der Waals surface area (Å²) in [5.74, 6) is 1.09. The Morgan fingerprint density at radius 1 is 1.35 bits per heavy atom. The molecule has 0 unspecified atom stereocenters. The van der Waals surface area contributed by atoms with Gasteiger partial charge in [0, 0.05) is 39.3 Å². The Morgan fingerprint density at radius 3 is 2.88 bits per heavy atom. The van der Waals surface area contributed by atoms with Crippen LogP contribution in [0, 0.1) is 0 Å². The SMILES string of the molecule is Cn1nc(N2CCNCC2)cc1-c1cccs1. The highest BCUT2D eigenvalue weighted by molar-refractivity contribution is 7.13. The van der Waals surface area contributed by atoms with Crippen molar-refractivity contribution in [2.24, 2.45) is 7.05 Å². The minimum atomic E-state index is 1.04. The van der Waals surface area contributed by atoms with Gasteiger partial charge in [-0.2, -0.15) is 5.10 Å². The van der Waals surface area contributed by atoms with Gasteiger partial charge in [0.15, 0.2) is 5.82 Å². The monoisotopic (exact) mass is 248 g/mol. The Morgan fingerprint density at radius 2 is 2.18 bits per heavy atom. The number of aromatic nitrogens is 2. The largest absolute Gasteiger partial charge is 0.353 e. The summed E-state index contributed by atoms with van der Waals surface area (Å²) in [5, 5.41) is 10.1. The van der Waals surface area contributed by atoms with E-state index in [0.29, 0.717) is 0 Å². The molecule has 3 rings (SSSR count).